The number of rotatable bonds is 4. The number of carbonyl (C=O) groups excluding carboxylic acids is 1. The second-order valence-corrected chi connectivity index (χ2v) is 5.86. The lowest BCUT2D eigenvalue weighted by molar-refractivity contribution is 0.0951. The van der Waals surface area contributed by atoms with E-state index in [1.165, 1.54) is 11.3 Å². The Balaban J connectivity index is 1.65. The summed E-state index contributed by atoms with van der Waals surface area (Å²) in [7, 11) is 0. The van der Waals surface area contributed by atoms with Crippen LogP contribution in [0, 0.1) is 6.92 Å². The molecule has 0 radical (unpaired) electrons. The molecule has 22 heavy (non-hydrogen) atoms. The van der Waals surface area contributed by atoms with E-state index in [0.29, 0.717) is 12.1 Å². The van der Waals surface area contributed by atoms with Crippen LogP contribution in [-0.2, 0) is 6.54 Å². The molecule has 1 aromatic carbocycles. The highest BCUT2D eigenvalue weighted by molar-refractivity contribution is 7.09. The second kappa shape index (κ2) is 6.49. The predicted molar refractivity (Wildman–Crippen MR) is 87.7 cm³/mol. The first-order valence-corrected chi connectivity index (χ1v) is 7.80. The van der Waals surface area contributed by atoms with Gasteiger partial charge in [-0.05, 0) is 31.2 Å². The quantitative estimate of drug-likeness (QED) is 0.803. The van der Waals surface area contributed by atoms with Gasteiger partial charge >= 0.3 is 0 Å². The fourth-order valence-corrected chi connectivity index (χ4v) is 2.83. The summed E-state index contributed by atoms with van der Waals surface area (Å²) in [4.78, 5) is 20.6. The van der Waals surface area contributed by atoms with Gasteiger partial charge in [0.2, 0.25) is 0 Å². The maximum Gasteiger partial charge on any atom is 0.251 e. The molecule has 2 aromatic heterocycles. The van der Waals surface area contributed by atoms with Gasteiger partial charge in [0.1, 0.15) is 5.01 Å². The zero-order valence-corrected chi connectivity index (χ0v) is 12.9. The molecule has 2 heterocycles. The number of nitrogens with one attached hydrogen (secondary N) is 1. The van der Waals surface area contributed by atoms with Crippen molar-refractivity contribution < 1.29 is 4.79 Å². The molecule has 0 saturated carbocycles. The topological polar surface area (TPSA) is 54.9 Å². The van der Waals surface area contributed by atoms with Crippen LogP contribution < -0.4 is 5.32 Å². The Bertz CT molecular complexity index is 783. The molecule has 0 saturated heterocycles. The lowest BCUT2D eigenvalue weighted by Gasteiger charge is -2.03. The summed E-state index contributed by atoms with van der Waals surface area (Å²) in [6, 6.07) is 11.4. The van der Waals surface area contributed by atoms with Crippen LogP contribution in [0.2, 0.25) is 0 Å². The zero-order valence-electron chi connectivity index (χ0n) is 12.1. The molecule has 3 rings (SSSR count). The Labute approximate surface area is 132 Å². The van der Waals surface area contributed by atoms with E-state index in [4.69, 9.17) is 0 Å². The Hall–Kier alpha value is -2.53. The van der Waals surface area contributed by atoms with Crippen LogP contribution >= 0.6 is 11.3 Å². The van der Waals surface area contributed by atoms with Crippen LogP contribution in [0.4, 0.5) is 0 Å². The normalized spacial score (nSPS) is 10.4. The Morgan fingerprint density at radius 1 is 1.23 bits per heavy atom. The maximum absolute atomic E-state index is 12.1. The summed E-state index contributed by atoms with van der Waals surface area (Å²) < 4.78 is 0. The molecule has 0 aliphatic rings. The smallest absolute Gasteiger partial charge is 0.251 e. The lowest BCUT2D eigenvalue weighted by atomic mass is 10.1. The van der Waals surface area contributed by atoms with Gasteiger partial charge in [0, 0.05) is 28.9 Å². The third-order valence-corrected chi connectivity index (χ3v) is 4.06. The number of thiazole rings is 1. The van der Waals surface area contributed by atoms with Gasteiger partial charge in [-0.15, -0.1) is 11.3 Å². The van der Waals surface area contributed by atoms with Crippen molar-refractivity contribution in [2.75, 3.05) is 0 Å². The van der Waals surface area contributed by atoms with E-state index in [2.05, 4.69) is 15.3 Å². The van der Waals surface area contributed by atoms with Gasteiger partial charge in [-0.1, -0.05) is 17.7 Å². The van der Waals surface area contributed by atoms with Crippen molar-refractivity contribution in [2.45, 2.75) is 13.5 Å². The van der Waals surface area contributed by atoms with E-state index in [9.17, 15) is 4.79 Å². The number of aryl methyl sites for hydroxylation is 1. The van der Waals surface area contributed by atoms with Crippen LogP contribution in [0.1, 0.15) is 20.9 Å². The molecule has 0 spiro atoms. The maximum atomic E-state index is 12.1. The first-order valence-electron chi connectivity index (χ1n) is 6.92. The average Bonchev–Trinajstić information content (AvgIpc) is 3.02. The minimum atomic E-state index is -0.0793. The van der Waals surface area contributed by atoms with Crippen molar-refractivity contribution in [3.05, 3.63) is 70.3 Å². The SMILES string of the molecule is Cc1cccc(C(=O)NCc2nc(-c3ccncc3)cs2)c1. The van der Waals surface area contributed by atoms with Crippen LogP contribution in [0.5, 0.6) is 0 Å². The highest BCUT2D eigenvalue weighted by Crippen LogP contribution is 2.20. The van der Waals surface area contributed by atoms with Gasteiger partial charge in [-0.25, -0.2) is 4.98 Å². The van der Waals surface area contributed by atoms with Crippen LogP contribution in [0.15, 0.2) is 54.2 Å². The molecular formula is C17H15N3OS. The summed E-state index contributed by atoms with van der Waals surface area (Å²) in [6.45, 7) is 2.40. The molecule has 110 valence electrons. The largest absolute Gasteiger partial charge is 0.346 e. The highest BCUT2D eigenvalue weighted by Gasteiger charge is 2.08. The number of hydrogen-bond donors (Lipinski definition) is 1. The molecule has 1 amide bonds. The monoisotopic (exact) mass is 309 g/mol. The second-order valence-electron chi connectivity index (χ2n) is 4.91. The van der Waals surface area contributed by atoms with Crippen molar-refractivity contribution in [2.24, 2.45) is 0 Å². The van der Waals surface area contributed by atoms with Gasteiger partial charge in [0.15, 0.2) is 0 Å². The van der Waals surface area contributed by atoms with Gasteiger partial charge in [-0.3, -0.25) is 9.78 Å². The molecule has 0 bridgehead atoms. The van der Waals surface area contributed by atoms with E-state index in [1.54, 1.807) is 12.4 Å². The van der Waals surface area contributed by atoms with Crippen molar-refractivity contribution in [1.29, 1.82) is 0 Å². The highest BCUT2D eigenvalue weighted by atomic mass is 32.1. The molecular weight excluding hydrogens is 294 g/mol. The average molecular weight is 309 g/mol. The minimum Gasteiger partial charge on any atom is -0.346 e. The van der Waals surface area contributed by atoms with Gasteiger partial charge < -0.3 is 5.32 Å². The Morgan fingerprint density at radius 2 is 2.05 bits per heavy atom. The molecule has 0 atom stereocenters. The third kappa shape index (κ3) is 3.38. The molecule has 0 aliphatic carbocycles. The standard InChI is InChI=1S/C17H15N3OS/c1-12-3-2-4-14(9-12)17(21)19-10-16-20-15(11-22-16)13-5-7-18-8-6-13/h2-9,11H,10H2,1H3,(H,19,21). The molecule has 1 N–H and O–H groups in total. The molecule has 3 aromatic rings. The number of pyridine rings is 1. The summed E-state index contributed by atoms with van der Waals surface area (Å²) in [5, 5.41) is 5.78. The van der Waals surface area contributed by atoms with Crippen molar-refractivity contribution in [1.82, 2.24) is 15.3 Å². The number of hydrogen-bond acceptors (Lipinski definition) is 4. The number of nitrogens with zero attached hydrogens (tertiary/aromatic N) is 2. The molecule has 5 heteroatoms. The first kappa shape index (κ1) is 14.4. The van der Waals surface area contributed by atoms with Gasteiger partial charge in [-0.2, -0.15) is 0 Å². The minimum absolute atomic E-state index is 0.0793. The molecule has 0 aliphatic heterocycles. The Morgan fingerprint density at radius 3 is 2.82 bits per heavy atom. The zero-order chi connectivity index (χ0) is 15.4. The molecule has 0 fully saturated rings. The number of carbonyl (C=O) groups is 1. The van der Waals surface area contributed by atoms with Crippen LogP contribution in [0.3, 0.4) is 0 Å². The summed E-state index contributed by atoms with van der Waals surface area (Å²) >= 11 is 1.54. The first-order chi connectivity index (χ1) is 10.7. The van der Waals surface area contributed by atoms with Gasteiger partial charge in [0.25, 0.3) is 5.91 Å². The van der Waals surface area contributed by atoms with Crippen LogP contribution in [0.25, 0.3) is 11.3 Å². The fraction of sp³-hybridized carbons (Fsp3) is 0.118. The van der Waals surface area contributed by atoms with E-state index in [1.807, 2.05) is 48.7 Å². The predicted octanol–water partition coefficient (Wildman–Crippen LogP) is 3.44. The summed E-state index contributed by atoms with van der Waals surface area (Å²) in [5.74, 6) is -0.0793. The van der Waals surface area contributed by atoms with Gasteiger partial charge in [0.05, 0.1) is 12.2 Å². The lowest BCUT2D eigenvalue weighted by Crippen LogP contribution is -2.22. The Kier molecular flexibility index (Phi) is 4.25. The number of amides is 1. The van der Waals surface area contributed by atoms with Crippen LogP contribution in [-0.4, -0.2) is 15.9 Å². The molecule has 0 unspecified atom stereocenters. The molecule has 4 nitrogen and oxygen atoms in total. The fourth-order valence-electron chi connectivity index (χ4n) is 2.09. The van der Waals surface area contributed by atoms with E-state index >= 15 is 0 Å². The van der Waals surface area contributed by atoms with E-state index < -0.39 is 0 Å². The van der Waals surface area contributed by atoms with E-state index in [0.717, 1.165) is 21.8 Å². The van der Waals surface area contributed by atoms with E-state index in [-0.39, 0.29) is 5.91 Å². The summed E-state index contributed by atoms with van der Waals surface area (Å²) in [5.41, 5.74) is 3.68. The number of aromatic nitrogens is 2. The number of benzene rings is 1. The van der Waals surface area contributed by atoms with Crippen molar-refractivity contribution in [3.63, 3.8) is 0 Å². The third-order valence-electron chi connectivity index (χ3n) is 3.21. The van der Waals surface area contributed by atoms with Crippen molar-refractivity contribution >= 4 is 17.2 Å². The summed E-state index contributed by atoms with van der Waals surface area (Å²) in [6.07, 6.45) is 3.49. The van der Waals surface area contributed by atoms with Crippen molar-refractivity contribution in [3.8, 4) is 11.3 Å².